The van der Waals surface area contributed by atoms with Gasteiger partial charge in [0.25, 0.3) is 0 Å². The fraction of sp³-hybridized carbons (Fsp3) is 0.436. The number of carbonyl (C=O) groups is 1. The van der Waals surface area contributed by atoms with Gasteiger partial charge in [0.05, 0.1) is 23.1 Å². The minimum Gasteiger partial charge on any atom is -0.336 e. The Morgan fingerprint density at radius 3 is 2.57 bits per heavy atom. The molecule has 2 aliphatic rings. The number of hydrogen-bond donors (Lipinski definition) is 0. The number of fused-ring (bicyclic) bond motifs is 1. The summed E-state index contributed by atoms with van der Waals surface area (Å²) in [6.45, 7) is 8.82. The molecule has 4 aromatic rings. The van der Waals surface area contributed by atoms with Crippen molar-refractivity contribution in [2.45, 2.75) is 84.2 Å². The first-order valence-corrected chi connectivity index (χ1v) is 17.2. The number of imidazole rings is 1. The number of hydrogen-bond acceptors (Lipinski definition) is 5. The van der Waals surface area contributed by atoms with Crippen LogP contribution < -0.4 is 0 Å². The van der Waals surface area contributed by atoms with Gasteiger partial charge in [-0.05, 0) is 88.9 Å². The van der Waals surface area contributed by atoms with E-state index < -0.39 is 0 Å². The SMILES string of the molecule is Cc1ccc(/C(=C\CN2CCCC2)c2cccc(/C=C/CN(C(=O)CCCn3c(C)nc4cnccc43)C3CCCCC3)n2)cc1. The van der Waals surface area contributed by atoms with Crippen LogP contribution in [0.2, 0.25) is 0 Å². The molecule has 0 atom stereocenters. The average molecular weight is 617 g/mol. The van der Waals surface area contributed by atoms with Gasteiger partial charge in [-0.2, -0.15) is 0 Å². The van der Waals surface area contributed by atoms with E-state index in [1.165, 1.54) is 61.9 Å². The first-order chi connectivity index (χ1) is 22.5. The topological polar surface area (TPSA) is 67.2 Å². The number of benzene rings is 1. The zero-order chi connectivity index (χ0) is 31.7. The molecule has 7 nitrogen and oxygen atoms in total. The maximum Gasteiger partial charge on any atom is 0.223 e. The summed E-state index contributed by atoms with van der Waals surface area (Å²) in [4.78, 5) is 32.3. The highest BCUT2D eigenvalue weighted by Gasteiger charge is 2.24. The Bertz CT molecular complexity index is 1660. The predicted octanol–water partition coefficient (Wildman–Crippen LogP) is 7.63. The van der Waals surface area contributed by atoms with E-state index in [1.807, 2.05) is 13.0 Å². The highest BCUT2D eigenvalue weighted by atomic mass is 16.2. The Balaban J connectivity index is 1.14. The first kappa shape index (κ1) is 31.9. The van der Waals surface area contributed by atoms with E-state index in [1.54, 1.807) is 12.4 Å². The highest BCUT2D eigenvalue weighted by molar-refractivity contribution is 5.79. The van der Waals surface area contributed by atoms with E-state index in [-0.39, 0.29) is 5.91 Å². The van der Waals surface area contributed by atoms with Crippen LogP contribution >= 0.6 is 0 Å². The molecule has 1 aliphatic heterocycles. The van der Waals surface area contributed by atoms with Crippen LogP contribution in [0.25, 0.3) is 22.7 Å². The molecule has 0 bridgehead atoms. The molecule has 4 heterocycles. The van der Waals surface area contributed by atoms with Gasteiger partial charge in [0, 0.05) is 43.9 Å². The first-order valence-electron chi connectivity index (χ1n) is 17.2. The number of pyridine rings is 2. The van der Waals surface area contributed by atoms with Crippen LogP contribution in [0.3, 0.4) is 0 Å². The summed E-state index contributed by atoms with van der Waals surface area (Å²) >= 11 is 0. The van der Waals surface area contributed by atoms with Gasteiger partial charge in [0.15, 0.2) is 0 Å². The van der Waals surface area contributed by atoms with Crippen molar-refractivity contribution in [1.82, 2.24) is 29.3 Å². The molecule has 1 saturated heterocycles. The van der Waals surface area contributed by atoms with Gasteiger partial charge >= 0.3 is 0 Å². The number of aryl methyl sites for hydroxylation is 3. The maximum absolute atomic E-state index is 13.7. The molecule has 0 unspecified atom stereocenters. The monoisotopic (exact) mass is 616 g/mol. The summed E-state index contributed by atoms with van der Waals surface area (Å²) in [6, 6.07) is 17.4. The van der Waals surface area contributed by atoms with Crippen LogP contribution in [-0.2, 0) is 11.3 Å². The lowest BCUT2D eigenvalue weighted by Crippen LogP contribution is -2.41. The van der Waals surface area contributed by atoms with Crippen molar-refractivity contribution < 1.29 is 4.79 Å². The van der Waals surface area contributed by atoms with Crippen LogP contribution in [0.15, 0.2) is 73.1 Å². The van der Waals surface area contributed by atoms with E-state index in [2.05, 4.69) is 92.0 Å². The van der Waals surface area contributed by atoms with Crippen molar-refractivity contribution in [3.8, 4) is 0 Å². The Morgan fingerprint density at radius 1 is 0.957 bits per heavy atom. The van der Waals surface area contributed by atoms with Gasteiger partial charge < -0.3 is 9.47 Å². The van der Waals surface area contributed by atoms with Gasteiger partial charge in [-0.1, -0.05) is 67.3 Å². The highest BCUT2D eigenvalue weighted by Crippen LogP contribution is 2.26. The predicted molar refractivity (Wildman–Crippen MR) is 187 cm³/mol. The van der Waals surface area contributed by atoms with Gasteiger partial charge in [-0.3, -0.25) is 14.7 Å². The quantitative estimate of drug-likeness (QED) is 0.164. The minimum absolute atomic E-state index is 0.244. The lowest BCUT2D eigenvalue weighted by molar-refractivity contribution is -0.133. The second-order valence-corrected chi connectivity index (χ2v) is 13.0. The summed E-state index contributed by atoms with van der Waals surface area (Å²) in [5, 5.41) is 0. The zero-order valence-corrected chi connectivity index (χ0v) is 27.6. The van der Waals surface area contributed by atoms with E-state index in [0.717, 1.165) is 60.6 Å². The summed E-state index contributed by atoms with van der Waals surface area (Å²) < 4.78 is 2.21. The van der Waals surface area contributed by atoms with E-state index in [4.69, 9.17) is 4.98 Å². The summed E-state index contributed by atoms with van der Waals surface area (Å²) in [6.07, 6.45) is 19.9. The molecule has 1 amide bonds. The van der Waals surface area contributed by atoms with Crippen molar-refractivity contribution in [2.75, 3.05) is 26.2 Å². The molecule has 7 heteroatoms. The van der Waals surface area contributed by atoms with Crippen LogP contribution in [0, 0.1) is 13.8 Å². The Hall–Kier alpha value is -4.10. The smallest absolute Gasteiger partial charge is 0.223 e. The second-order valence-electron chi connectivity index (χ2n) is 13.0. The third-order valence-corrected chi connectivity index (χ3v) is 9.60. The third kappa shape index (κ3) is 8.00. The number of likely N-dealkylation sites (tertiary alicyclic amines) is 1. The fourth-order valence-electron chi connectivity index (χ4n) is 7.03. The molecule has 240 valence electrons. The van der Waals surface area contributed by atoms with E-state index in [9.17, 15) is 4.79 Å². The third-order valence-electron chi connectivity index (χ3n) is 9.60. The van der Waals surface area contributed by atoms with E-state index in [0.29, 0.717) is 19.0 Å². The number of nitrogens with zero attached hydrogens (tertiary/aromatic N) is 6. The van der Waals surface area contributed by atoms with Crippen LogP contribution in [-0.4, -0.2) is 67.4 Å². The maximum atomic E-state index is 13.7. The van der Waals surface area contributed by atoms with Crippen molar-refractivity contribution in [3.05, 3.63) is 101 Å². The summed E-state index contributed by atoms with van der Waals surface area (Å²) in [5.74, 6) is 1.21. The molecule has 1 saturated carbocycles. The van der Waals surface area contributed by atoms with Gasteiger partial charge in [-0.25, -0.2) is 9.97 Å². The average Bonchev–Trinajstić information content (AvgIpc) is 3.72. The zero-order valence-electron chi connectivity index (χ0n) is 27.6. The number of rotatable bonds is 12. The molecule has 1 aromatic carbocycles. The molecule has 6 rings (SSSR count). The Morgan fingerprint density at radius 2 is 1.76 bits per heavy atom. The lowest BCUT2D eigenvalue weighted by atomic mass is 9.94. The lowest BCUT2D eigenvalue weighted by Gasteiger charge is -2.34. The molecule has 0 N–H and O–H groups in total. The normalized spacial score (nSPS) is 16.5. The number of carbonyl (C=O) groups excluding carboxylic acids is 1. The summed E-state index contributed by atoms with van der Waals surface area (Å²) in [5.41, 5.74) is 7.53. The molecule has 0 radical (unpaired) electrons. The van der Waals surface area contributed by atoms with Gasteiger partial charge in [0.1, 0.15) is 11.3 Å². The van der Waals surface area contributed by atoms with Gasteiger partial charge in [-0.15, -0.1) is 0 Å². The number of aromatic nitrogens is 4. The minimum atomic E-state index is 0.244. The second kappa shape index (κ2) is 15.5. The van der Waals surface area contributed by atoms with Crippen molar-refractivity contribution in [3.63, 3.8) is 0 Å². The van der Waals surface area contributed by atoms with Crippen LogP contribution in [0.4, 0.5) is 0 Å². The van der Waals surface area contributed by atoms with Crippen LogP contribution in [0.1, 0.15) is 86.1 Å². The molecule has 1 aliphatic carbocycles. The molecule has 2 fully saturated rings. The molecule has 46 heavy (non-hydrogen) atoms. The summed E-state index contributed by atoms with van der Waals surface area (Å²) in [7, 11) is 0. The fourth-order valence-corrected chi connectivity index (χ4v) is 7.03. The Labute approximate surface area is 274 Å². The molecular formula is C39H48N6O. The molecule has 0 spiro atoms. The van der Waals surface area contributed by atoms with Crippen molar-refractivity contribution in [2.24, 2.45) is 0 Å². The van der Waals surface area contributed by atoms with Crippen molar-refractivity contribution in [1.29, 1.82) is 0 Å². The van der Waals surface area contributed by atoms with Crippen molar-refractivity contribution >= 4 is 28.6 Å². The van der Waals surface area contributed by atoms with Crippen LogP contribution in [0.5, 0.6) is 0 Å². The number of amides is 1. The molecule has 3 aromatic heterocycles. The van der Waals surface area contributed by atoms with E-state index >= 15 is 0 Å². The largest absolute Gasteiger partial charge is 0.336 e. The Kier molecular flexibility index (Phi) is 10.7. The van der Waals surface area contributed by atoms with Gasteiger partial charge in [0.2, 0.25) is 5.91 Å². The molecular weight excluding hydrogens is 568 g/mol. The standard InChI is InChI=1S/C39H48N6O/c1-30-17-19-32(20-18-30)35(22-28-43-24-6-7-25-43)36-15-8-11-33(42-36)12-9-27-45(34-13-4-3-5-14-34)39(46)16-10-26-44-31(2)41-37-29-40-23-21-38(37)44/h8-9,11-12,15,17-23,29,34H,3-7,10,13-14,16,24-28H2,1-2H3/b12-9+,35-22+.